The Morgan fingerprint density at radius 3 is 2.78 bits per heavy atom. The number of hydrogen-bond donors (Lipinski definition) is 2. The van der Waals surface area contributed by atoms with Crippen LogP contribution in [0.5, 0.6) is 0 Å². The van der Waals surface area contributed by atoms with Crippen molar-refractivity contribution < 1.29 is 14.1 Å². The first-order chi connectivity index (χ1) is 13.1. The number of nitrogens with zero attached hydrogens (tertiary/aromatic N) is 1. The lowest BCUT2D eigenvalue weighted by Gasteiger charge is -2.12. The average Bonchev–Trinajstić information content (AvgIpc) is 3.27. The van der Waals surface area contributed by atoms with Crippen molar-refractivity contribution in [2.45, 2.75) is 17.1 Å². The number of thioether (sulfide) groups is 1. The number of urea groups is 1. The molecule has 2 heterocycles. The van der Waals surface area contributed by atoms with Crippen molar-refractivity contribution in [2.75, 3.05) is 11.6 Å². The van der Waals surface area contributed by atoms with E-state index in [9.17, 15) is 9.59 Å². The van der Waals surface area contributed by atoms with Crippen molar-refractivity contribution >= 4 is 52.3 Å². The molecule has 6 nitrogen and oxygen atoms in total. The molecular formula is C18H14ClN3O3S2. The number of nitrogens with one attached hydrogen (secondary N) is 2. The smallest absolute Gasteiger partial charge is 0.326 e. The largest absolute Gasteiger partial charge is 0.364 e. The molecule has 0 radical (unpaired) electrons. The summed E-state index contributed by atoms with van der Waals surface area (Å²) in [5.41, 5.74) is 4.26. The van der Waals surface area contributed by atoms with Crippen molar-refractivity contribution in [1.82, 2.24) is 10.5 Å². The van der Waals surface area contributed by atoms with E-state index in [2.05, 4.69) is 15.8 Å². The van der Waals surface area contributed by atoms with Crippen molar-refractivity contribution in [3.05, 3.63) is 51.6 Å². The van der Waals surface area contributed by atoms with Gasteiger partial charge in [0.05, 0.1) is 9.09 Å². The maximum Gasteiger partial charge on any atom is 0.326 e. The van der Waals surface area contributed by atoms with E-state index in [1.807, 2.05) is 6.26 Å². The molecule has 3 amide bonds. The van der Waals surface area contributed by atoms with Gasteiger partial charge in [0.25, 0.3) is 5.91 Å². The molecule has 1 aliphatic carbocycles. The second-order valence-corrected chi connectivity index (χ2v) is 8.41. The van der Waals surface area contributed by atoms with Crippen LogP contribution in [0, 0.1) is 0 Å². The summed E-state index contributed by atoms with van der Waals surface area (Å²) in [5.74, 6) is -0.421. The van der Waals surface area contributed by atoms with Crippen LogP contribution in [0.2, 0.25) is 5.02 Å². The van der Waals surface area contributed by atoms with Gasteiger partial charge in [0.15, 0.2) is 0 Å². The lowest BCUT2D eigenvalue weighted by molar-refractivity contribution is 0.0970. The second kappa shape index (κ2) is 7.38. The Balaban J connectivity index is 1.56. The van der Waals surface area contributed by atoms with Crippen molar-refractivity contribution in [1.29, 1.82) is 0 Å². The zero-order valence-electron chi connectivity index (χ0n) is 14.2. The topological polar surface area (TPSA) is 84.2 Å². The Morgan fingerprint density at radius 1 is 1.26 bits per heavy atom. The third-order valence-electron chi connectivity index (χ3n) is 4.22. The van der Waals surface area contributed by atoms with Crippen LogP contribution in [-0.4, -0.2) is 23.4 Å². The van der Waals surface area contributed by atoms with Gasteiger partial charge in [-0.15, -0.1) is 23.1 Å². The molecule has 9 heteroatoms. The summed E-state index contributed by atoms with van der Waals surface area (Å²) in [6, 6.07) is 6.06. The third-order valence-corrected chi connectivity index (χ3v) is 6.82. The zero-order chi connectivity index (χ0) is 19.0. The Bertz CT molecular complexity index is 1030. The highest BCUT2D eigenvalue weighted by Crippen LogP contribution is 2.45. The number of fused-ring (bicyclic) bond motifs is 3. The Labute approximate surface area is 168 Å². The monoisotopic (exact) mass is 419 g/mol. The lowest BCUT2D eigenvalue weighted by Crippen LogP contribution is -2.34. The minimum Gasteiger partial charge on any atom is -0.364 e. The number of carbonyl (C=O) groups excluding carboxylic acids is 2. The normalized spacial score (nSPS) is 12.2. The summed E-state index contributed by atoms with van der Waals surface area (Å²) < 4.78 is 6.09. The van der Waals surface area contributed by atoms with Gasteiger partial charge in [0.1, 0.15) is 12.0 Å². The van der Waals surface area contributed by atoms with Gasteiger partial charge in [-0.2, -0.15) is 0 Å². The van der Waals surface area contributed by atoms with Gasteiger partial charge >= 0.3 is 6.03 Å². The number of imide groups is 1. The average molecular weight is 420 g/mol. The predicted octanol–water partition coefficient (Wildman–Crippen LogP) is 4.84. The number of carbonyl (C=O) groups is 2. The molecule has 0 aliphatic heterocycles. The quantitative estimate of drug-likeness (QED) is 0.593. The van der Waals surface area contributed by atoms with Crippen LogP contribution in [0.1, 0.15) is 20.8 Å². The van der Waals surface area contributed by atoms with Crippen LogP contribution in [0.15, 0.2) is 39.3 Å². The zero-order valence-corrected chi connectivity index (χ0v) is 16.6. The molecule has 2 N–H and O–H groups in total. The van der Waals surface area contributed by atoms with Gasteiger partial charge in [0.2, 0.25) is 0 Å². The van der Waals surface area contributed by atoms with E-state index in [0.29, 0.717) is 22.0 Å². The van der Waals surface area contributed by atoms with Gasteiger partial charge in [0, 0.05) is 21.8 Å². The molecular weight excluding hydrogens is 406 g/mol. The fraction of sp³-hybridized carbons (Fsp3) is 0.167. The fourth-order valence-electron chi connectivity index (χ4n) is 3.00. The summed E-state index contributed by atoms with van der Waals surface area (Å²) in [6.45, 7) is 0. The first-order valence-electron chi connectivity index (χ1n) is 8.08. The number of hydrogen-bond acceptors (Lipinski definition) is 6. The molecule has 0 unspecified atom stereocenters. The Kier molecular flexibility index (Phi) is 4.94. The van der Waals surface area contributed by atoms with E-state index in [4.69, 9.17) is 16.1 Å². The lowest BCUT2D eigenvalue weighted by atomic mass is 9.92. The highest BCUT2D eigenvalue weighted by atomic mass is 35.5. The molecule has 3 aromatic rings. The van der Waals surface area contributed by atoms with Crippen LogP contribution in [-0.2, 0) is 12.8 Å². The van der Waals surface area contributed by atoms with Gasteiger partial charge in [-0.25, -0.2) is 4.79 Å². The van der Waals surface area contributed by atoms with Crippen molar-refractivity contribution in [2.24, 2.45) is 0 Å². The summed E-state index contributed by atoms with van der Waals surface area (Å²) >= 11 is 8.76. The number of aryl methyl sites for hydroxylation is 1. The molecule has 0 fully saturated rings. The van der Waals surface area contributed by atoms with Gasteiger partial charge in [-0.1, -0.05) is 16.8 Å². The second-order valence-electron chi connectivity index (χ2n) is 5.88. The molecule has 27 heavy (non-hydrogen) atoms. The number of benzene rings is 1. The molecule has 138 valence electrons. The number of anilines is 1. The van der Waals surface area contributed by atoms with Crippen LogP contribution in [0.3, 0.4) is 0 Å². The fourth-order valence-corrected chi connectivity index (χ4v) is 5.11. The van der Waals surface area contributed by atoms with E-state index < -0.39 is 11.9 Å². The maximum absolute atomic E-state index is 12.7. The summed E-state index contributed by atoms with van der Waals surface area (Å²) in [5, 5.41) is 9.69. The van der Waals surface area contributed by atoms with Crippen LogP contribution in [0.4, 0.5) is 10.5 Å². The molecule has 0 saturated heterocycles. The molecule has 1 aromatic carbocycles. The van der Waals surface area contributed by atoms with Crippen LogP contribution >= 0.6 is 34.7 Å². The third kappa shape index (κ3) is 3.47. The van der Waals surface area contributed by atoms with Crippen LogP contribution in [0.25, 0.3) is 11.3 Å². The molecule has 2 aromatic heterocycles. The van der Waals surface area contributed by atoms with Gasteiger partial charge in [-0.05, 0) is 48.9 Å². The molecule has 4 rings (SSSR count). The summed E-state index contributed by atoms with van der Waals surface area (Å²) in [4.78, 5) is 25.4. The highest BCUT2D eigenvalue weighted by Gasteiger charge is 2.30. The summed E-state index contributed by atoms with van der Waals surface area (Å²) in [7, 11) is 0. The Morgan fingerprint density at radius 2 is 2.04 bits per heavy atom. The van der Waals surface area contributed by atoms with E-state index in [1.165, 1.54) is 11.3 Å². The standard InChI is InChI=1S/C18H14ClN3O3S2/c1-26-17-13-12(7-2-9-8-25-22-14(9)13)15(27-17)16(23)21-18(24)20-11-5-3-10(19)4-6-11/h3-6,8H,2,7H2,1H3,(H2,20,21,23,24). The van der Waals surface area contributed by atoms with E-state index >= 15 is 0 Å². The van der Waals surface area contributed by atoms with E-state index in [0.717, 1.165) is 33.0 Å². The van der Waals surface area contributed by atoms with E-state index in [1.54, 1.807) is 42.3 Å². The van der Waals surface area contributed by atoms with Crippen molar-refractivity contribution in [3.63, 3.8) is 0 Å². The minimum absolute atomic E-state index is 0.421. The number of halogens is 1. The first kappa shape index (κ1) is 18.1. The SMILES string of the molecule is CSc1sc(C(=O)NC(=O)Nc2ccc(Cl)cc2)c2c1-c1nocc1CC2. The molecule has 0 atom stereocenters. The first-order valence-corrected chi connectivity index (χ1v) is 10.5. The minimum atomic E-state index is -0.590. The Hall–Kier alpha value is -2.29. The number of rotatable bonds is 3. The van der Waals surface area contributed by atoms with E-state index in [-0.39, 0.29) is 0 Å². The van der Waals surface area contributed by atoms with Crippen molar-refractivity contribution in [3.8, 4) is 11.3 Å². The van der Waals surface area contributed by atoms with Gasteiger partial charge < -0.3 is 9.84 Å². The number of thiophene rings is 1. The molecule has 0 spiro atoms. The van der Waals surface area contributed by atoms with Crippen LogP contribution < -0.4 is 10.6 Å². The molecule has 1 aliphatic rings. The predicted molar refractivity (Wildman–Crippen MR) is 107 cm³/mol. The number of aromatic nitrogens is 1. The maximum atomic E-state index is 12.7. The molecule has 0 bridgehead atoms. The van der Waals surface area contributed by atoms with Gasteiger partial charge in [-0.3, -0.25) is 10.1 Å². The summed E-state index contributed by atoms with van der Waals surface area (Å²) in [6.07, 6.45) is 5.07. The highest BCUT2D eigenvalue weighted by molar-refractivity contribution is 8.00. The number of amides is 3. The molecule has 0 saturated carbocycles.